The van der Waals surface area contributed by atoms with Crippen LogP contribution >= 0.6 is 0 Å². The molecule has 0 fully saturated rings. The molecule has 0 aliphatic heterocycles. The third-order valence-corrected chi connectivity index (χ3v) is 3.07. The number of methoxy groups -OCH3 is 1. The molecular formula is C14H20N2O5. The Morgan fingerprint density at radius 1 is 1.43 bits per heavy atom. The fourth-order valence-electron chi connectivity index (χ4n) is 2.33. The summed E-state index contributed by atoms with van der Waals surface area (Å²) >= 11 is 0. The molecule has 0 amide bonds. The van der Waals surface area contributed by atoms with E-state index in [-0.39, 0.29) is 17.2 Å². The number of pyridine rings is 1. The van der Waals surface area contributed by atoms with Crippen molar-refractivity contribution >= 4 is 11.7 Å². The van der Waals surface area contributed by atoms with E-state index < -0.39 is 16.5 Å². The third kappa shape index (κ3) is 4.40. The van der Waals surface area contributed by atoms with Crippen LogP contribution in [0.3, 0.4) is 0 Å². The summed E-state index contributed by atoms with van der Waals surface area (Å²) in [4.78, 5) is 34.1. The van der Waals surface area contributed by atoms with E-state index in [1.165, 1.54) is 10.8 Å². The van der Waals surface area contributed by atoms with Crippen LogP contribution in [0.15, 0.2) is 17.1 Å². The molecule has 0 unspecified atom stereocenters. The minimum atomic E-state index is -0.867. The van der Waals surface area contributed by atoms with Gasteiger partial charge in [-0.15, -0.1) is 0 Å². The van der Waals surface area contributed by atoms with Crippen molar-refractivity contribution in [2.24, 2.45) is 11.8 Å². The first-order chi connectivity index (χ1) is 9.76. The molecule has 0 aromatic carbocycles. The SMILES string of the molecule is COC(=O)c1cc([N+](=O)[O-])cn(C[C@@H](C)CC(C)C)c1=O. The number of rotatable bonds is 6. The van der Waals surface area contributed by atoms with E-state index in [2.05, 4.69) is 18.6 Å². The van der Waals surface area contributed by atoms with Gasteiger partial charge < -0.3 is 9.30 Å². The van der Waals surface area contributed by atoms with Gasteiger partial charge in [-0.3, -0.25) is 14.9 Å². The van der Waals surface area contributed by atoms with Crippen molar-refractivity contribution in [2.75, 3.05) is 7.11 Å². The zero-order valence-electron chi connectivity index (χ0n) is 12.7. The Kier molecular flexibility index (Phi) is 5.63. The van der Waals surface area contributed by atoms with Gasteiger partial charge in [0.15, 0.2) is 0 Å². The second-order valence-electron chi connectivity index (χ2n) is 5.55. The summed E-state index contributed by atoms with van der Waals surface area (Å²) < 4.78 is 5.72. The Bertz CT molecular complexity index is 592. The molecule has 0 spiro atoms. The Labute approximate surface area is 122 Å². The molecular weight excluding hydrogens is 276 g/mol. The first kappa shape index (κ1) is 16.9. The number of aromatic nitrogens is 1. The Balaban J connectivity index is 3.24. The van der Waals surface area contributed by atoms with Crippen LogP contribution < -0.4 is 5.56 Å². The third-order valence-electron chi connectivity index (χ3n) is 3.07. The Morgan fingerprint density at radius 2 is 2.05 bits per heavy atom. The highest BCUT2D eigenvalue weighted by molar-refractivity contribution is 5.89. The molecule has 116 valence electrons. The summed E-state index contributed by atoms with van der Waals surface area (Å²) in [6.07, 6.45) is 2.05. The van der Waals surface area contributed by atoms with Crippen LogP contribution in [-0.2, 0) is 11.3 Å². The average molecular weight is 296 g/mol. The Hall–Kier alpha value is -2.18. The molecule has 0 saturated carbocycles. The van der Waals surface area contributed by atoms with Crippen LogP contribution in [-0.4, -0.2) is 22.6 Å². The van der Waals surface area contributed by atoms with Crippen LogP contribution in [0.5, 0.6) is 0 Å². The van der Waals surface area contributed by atoms with Crippen molar-refractivity contribution in [3.05, 3.63) is 38.3 Å². The normalized spacial score (nSPS) is 12.2. The number of ether oxygens (including phenoxy) is 1. The van der Waals surface area contributed by atoms with E-state index in [0.29, 0.717) is 12.5 Å². The monoisotopic (exact) mass is 296 g/mol. The molecule has 0 bridgehead atoms. The minimum absolute atomic E-state index is 0.162. The molecule has 1 atom stereocenters. The van der Waals surface area contributed by atoms with Gasteiger partial charge in [-0.1, -0.05) is 20.8 Å². The number of hydrogen-bond donors (Lipinski definition) is 0. The number of esters is 1. The topological polar surface area (TPSA) is 91.4 Å². The maximum atomic E-state index is 12.2. The quantitative estimate of drug-likeness (QED) is 0.456. The largest absolute Gasteiger partial charge is 0.465 e. The summed E-state index contributed by atoms with van der Waals surface area (Å²) in [5.41, 5.74) is -1.18. The summed E-state index contributed by atoms with van der Waals surface area (Å²) in [5, 5.41) is 10.9. The van der Waals surface area contributed by atoms with E-state index in [0.717, 1.165) is 19.6 Å². The molecule has 0 saturated heterocycles. The molecule has 1 heterocycles. The molecule has 0 aliphatic carbocycles. The lowest BCUT2D eigenvalue weighted by Crippen LogP contribution is -2.29. The molecule has 1 rings (SSSR count). The number of nitro groups is 1. The second-order valence-corrected chi connectivity index (χ2v) is 5.55. The smallest absolute Gasteiger partial charge is 0.343 e. The predicted molar refractivity (Wildman–Crippen MR) is 77.3 cm³/mol. The van der Waals surface area contributed by atoms with Gasteiger partial charge >= 0.3 is 5.97 Å². The van der Waals surface area contributed by atoms with E-state index in [4.69, 9.17) is 0 Å². The van der Waals surface area contributed by atoms with Gasteiger partial charge in [0.1, 0.15) is 5.56 Å². The maximum absolute atomic E-state index is 12.2. The lowest BCUT2D eigenvalue weighted by Gasteiger charge is -2.15. The van der Waals surface area contributed by atoms with Crippen LogP contribution in [0, 0.1) is 22.0 Å². The van der Waals surface area contributed by atoms with Crippen molar-refractivity contribution in [3.63, 3.8) is 0 Å². The number of carbonyl (C=O) groups excluding carboxylic acids is 1. The lowest BCUT2D eigenvalue weighted by atomic mass is 9.99. The van der Waals surface area contributed by atoms with Crippen LogP contribution in [0.4, 0.5) is 5.69 Å². The van der Waals surface area contributed by atoms with E-state index >= 15 is 0 Å². The average Bonchev–Trinajstić information content (AvgIpc) is 2.38. The van der Waals surface area contributed by atoms with Crippen LogP contribution in [0.1, 0.15) is 37.6 Å². The number of carbonyl (C=O) groups is 1. The van der Waals surface area contributed by atoms with Gasteiger partial charge in [0.2, 0.25) is 0 Å². The van der Waals surface area contributed by atoms with E-state index in [9.17, 15) is 19.7 Å². The van der Waals surface area contributed by atoms with Crippen molar-refractivity contribution < 1.29 is 14.5 Å². The lowest BCUT2D eigenvalue weighted by molar-refractivity contribution is -0.385. The van der Waals surface area contributed by atoms with Gasteiger partial charge in [0, 0.05) is 12.6 Å². The van der Waals surface area contributed by atoms with Gasteiger partial charge in [-0.25, -0.2) is 4.79 Å². The van der Waals surface area contributed by atoms with Crippen molar-refractivity contribution in [1.82, 2.24) is 4.57 Å². The maximum Gasteiger partial charge on any atom is 0.343 e. The second kappa shape index (κ2) is 7.01. The van der Waals surface area contributed by atoms with Crippen LogP contribution in [0.2, 0.25) is 0 Å². The highest BCUT2D eigenvalue weighted by Gasteiger charge is 2.20. The van der Waals surface area contributed by atoms with E-state index in [1.807, 2.05) is 6.92 Å². The minimum Gasteiger partial charge on any atom is -0.465 e. The van der Waals surface area contributed by atoms with Crippen molar-refractivity contribution in [2.45, 2.75) is 33.7 Å². The first-order valence-corrected chi connectivity index (χ1v) is 6.73. The summed E-state index contributed by atoms with van der Waals surface area (Å²) in [6, 6.07) is 0.956. The molecule has 0 radical (unpaired) electrons. The molecule has 21 heavy (non-hydrogen) atoms. The molecule has 0 N–H and O–H groups in total. The van der Waals surface area contributed by atoms with E-state index in [1.54, 1.807) is 0 Å². The zero-order valence-corrected chi connectivity index (χ0v) is 12.7. The Morgan fingerprint density at radius 3 is 2.52 bits per heavy atom. The molecule has 1 aromatic rings. The van der Waals surface area contributed by atoms with Crippen LogP contribution in [0.25, 0.3) is 0 Å². The highest BCUT2D eigenvalue weighted by Crippen LogP contribution is 2.15. The summed E-state index contributed by atoms with van der Waals surface area (Å²) in [6.45, 7) is 6.41. The predicted octanol–water partition coefficient (Wildman–Crippen LogP) is 2.23. The van der Waals surface area contributed by atoms with Gasteiger partial charge in [-0.05, 0) is 18.3 Å². The van der Waals surface area contributed by atoms with Gasteiger partial charge in [0.25, 0.3) is 11.2 Å². The fraction of sp³-hybridized carbons (Fsp3) is 0.571. The first-order valence-electron chi connectivity index (χ1n) is 6.73. The van der Waals surface area contributed by atoms with Gasteiger partial charge in [0.05, 0.1) is 18.2 Å². The zero-order chi connectivity index (χ0) is 16.2. The summed E-state index contributed by atoms with van der Waals surface area (Å²) in [7, 11) is 1.13. The summed E-state index contributed by atoms with van der Waals surface area (Å²) in [5.74, 6) is -0.251. The van der Waals surface area contributed by atoms with Crippen molar-refractivity contribution in [3.8, 4) is 0 Å². The highest BCUT2D eigenvalue weighted by atomic mass is 16.6. The standard InChI is InChI=1S/C14H20N2O5/c1-9(2)5-10(3)7-15-8-11(16(19)20)6-12(13(15)17)14(18)21-4/h6,8-10H,5,7H2,1-4H3/t10-/m0/s1. The number of nitrogens with zero attached hydrogens (tertiary/aromatic N) is 2. The molecule has 0 aliphatic rings. The van der Waals surface area contributed by atoms with Crippen molar-refractivity contribution in [1.29, 1.82) is 0 Å². The molecule has 7 nitrogen and oxygen atoms in total. The number of hydrogen-bond acceptors (Lipinski definition) is 5. The molecule has 1 aromatic heterocycles. The van der Waals surface area contributed by atoms with Gasteiger partial charge in [-0.2, -0.15) is 0 Å². The fourth-order valence-corrected chi connectivity index (χ4v) is 2.33. The molecule has 7 heteroatoms.